The van der Waals surface area contributed by atoms with Gasteiger partial charge in [-0.05, 0) is 5.56 Å². The summed E-state index contributed by atoms with van der Waals surface area (Å²) in [4.78, 5) is 14.7. The van der Waals surface area contributed by atoms with E-state index in [0.29, 0.717) is 0 Å². The van der Waals surface area contributed by atoms with Crippen LogP contribution in [-0.2, 0) is 10.6 Å². The van der Waals surface area contributed by atoms with Crippen LogP contribution in [0.1, 0.15) is 27.9 Å². The van der Waals surface area contributed by atoms with Gasteiger partial charge in [0, 0.05) is 23.8 Å². The van der Waals surface area contributed by atoms with Crippen LogP contribution in [0.5, 0.6) is 0 Å². The molecule has 0 atom stereocenters. The maximum absolute atomic E-state index is 12.5. The van der Waals surface area contributed by atoms with E-state index in [9.17, 15) is 13.6 Å². The second kappa shape index (κ2) is 5.02. The van der Waals surface area contributed by atoms with Crippen LogP contribution >= 0.6 is 11.6 Å². The summed E-state index contributed by atoms with van der Waals surface area (Å²) in [5, 5.41) is 0. The molecular formula is C9H8ClF2NO2. The second-order valence-corrected chi connectivity index (χ2v) is 2.95. The normalized spacial score (nSPS) is 10.5. The van der Waals surface area contributed by atoms with E-state index in [-0.39, 0.29) is 22.6 Å². The molecule has 82 valence electrons. The lowest BCUT2D eigenvalue weighted by molar-refractivity contribution is 0.0598. The maximum atomic E-state index is 12.5. The number of carbonyl (C=O) groups excluding carboxylic acids is 1. The van der Waals surface area contributed by atoms with Crippen LogP contribution in [-0.4, -0.2) is 18.1 Å². The number of methoxy groups -OCH3 is 1. The Morgan fingerprint density at radius 1 is 1.60 bits per heavy atom. The molecule has 0 bridgehead atoms. The molecule has 0 saturated carbocycles. The number of halogens is 3. The van der Waals surface area contributed by atoms with E-state index in [1.165, 1.54) is 0 Å². The third-order valence-corrected chi connectivity index (χ3v) is 2.13. The van der Waals surface area contributed by atoms with Crippen molar-refractivity contribution in [2.45, 2.75) is 12.3 Å². The van der Waals surface area contributed by atoms with Gasteiger partial charge in [-0.25, -0.2) is 13.6 Å². The predicted octanol–water partition coefficient (Wildman–Crippen LogP) is 2.54. The number of carbonyl (C=O) groups is 1. The number of nitrogens with zero attached hydrogens (tertiary/aromatic N) is 1. The van der Waals surface area contributed by atoms with E-state index in [1.54, 1.807) is 0 Å². The predicted molar refractivity (Wildman–Crippen MR) is 50.1 cm³/mol. The Morgan fingerprint density at radius 2 is 2.27 bits per heavy atom. The Kier molecular flexibility index (Phi) is 3.96. The summed E-state index contributed by atoms with van der Waals surface area (Å²) in [7, 11) is 1.16. The van der Waals surface area contributed by atoms with Gasteiger partial charge in [-0.2, -0.15) is 0 Å². The molecule has 0 aliphatic heterocycles. The Hall–Kier alpha value is -1.23. The maximum Gasteiger partial charge on any atom is 0.339 e. The molecule has 0 radical (unpaired) electrons. The molecule has 0 aromatic carbocycles. The average Bonchev–Trinajstić information content (AvgIpc) is 2.26. The fourth-order valence-corrected chi connectivity index (χ4v) is 1.42. The van der Waals surface area contributed by atoms with Gasteiger partial charge in [0.2, 0.25) is 0 Å². The fourth-order valence-electron chi connectivity index (χ4n) is 1.13. The van der Waals surface area contributed by atoms with Crippen molar-refractivity contribution < 1.29 is 18.3 Å². The molecule has 1 aromatic heterocycles. The first-order chi connectivity index (χ1) is 7.11. The van der Waals surface area contributed by atoms with Gasteiger partial charge in [-0.1, -0.05) is 0 Å². The summed E-state index contributed by atoms with van der Waals surface area (Å²) < 4.78 is 29.5. The van der Waals surface area contributed by atoms with Crippen LogP contribution in [0.3, 0.4) is 0 Å². The van der Waals surface area contributed by atoms with Gasteiger partial charge in [0.1, 0.15) is 0 Å². The number of hydrogen-bond acceptors (Lipinski definition) is 3. The van der Waals surface area contributed by atoms with Crippen LogP contribution in [0.2, 0.25) is 0 Å². The number of hydrogen-bond donors (Lipinski definition) is 0. The third-order valence-electron chi connectivity index (χ3n) is 1.86. The van der Waals surface area contributed by atoms with Crippen molar-refractivity contribution in [3.8, 4) is 0 Å². The molecule has 1 rings (SSSR count). The molecule has 0 unspecified atom stereocenters. The summed E-state index contributed by atoms with van der Waals surface area (Å²) in [5.41, 5.74) is -0.299. The molecule has 6 heteroatoms. The molecule has 0 saturated heterocycles. The summed E-state index contributed by atoms with van der Waals surface area (Å²) >= 11 is 5.51. The van der Waals surface area contributed by atoms with Crippen LogP contribution < -0.4 is 0 Å². The highest BCUT2D eigenvalue weighted by Crippen LogP contribution is 2.26. The van der Waals surface area contributed by atoms with Crippen LogP contribution in [0.4, 0.5) is 8.78 Å². The zero-order chi connectivity index (χ0) is 11.4. The van der Waals surface area contributed by atoms with E-state index in [2.05, 4.69) is 9.72 Å². The van der Waals surface area contributed by atoms with Crippen molar-refractivity contribution in [3.05, 3.63) is 29.1 Å². The first-order valence-electron chi connectivity index (χ1n) is 4.01. The summed E-state index contributed by atoms with van der Waals surface area (Å²) in [6.07, 6.45) is -0.555. The van der Waals surface area contributed by atoms with Crippen LogP contribution in [0.15, 0.2) is 12.4 Å². The zero-order valence-corrected chi connectivity index (χ0v) is 8.59. The number of ether oxygens (including phenoxy) is 1. The van der Waals surface area contributed by atoms with Crippen molar-refractivity contribution >= 4 is 17.6 Å². The standard InChI is InChI=1S/C9H8ClF2NO2/c1-15-9(14)7-4-13-3-6(8(11)12)5(7)2-10/h3-4,8H,2H2,1H3. The first-order valence-corrected chi connectivity index (χ1v) is 4.54. The lowest BCUT2D eigenvalue weighted by atomic mass is 10.1. The average molecular weight is 236 g/mol. The minimum atomic E-state index is -2.71. The quantitative estimate of drug-likeness (QED) is 0.597. The van der Waals surface area contributed by atoms with Gasteiger partial charge in [-0.15, -0.1) is 11.6 Å². The molecule has 1 aromatic rings. The molecule has 3 nitrogen and oxygen atoms in total. The number of esters is 1. The molecular weight excluding hydrogens is 228 g/mol. The SMILES string of the molecule is COC(=O)c1cncc(C(F)F)c1CCl. The highest BCUT2D eigenvalue weighted by Gasteiger charge is 2.20. The molecule has 0 spiro atoms. The van der Waals surface area contributed by atoms with Gasteiger partial charge in [0.05, 0.1) is 12.7 Å². The highest BCUT2D eigenvalue weighted by molar-refractivity contribution is 6.17. The van der Waals surface area contributed by atoms with Gasteiger partial charge in [0.25, 0.3) is 6.43 Å². The molecule has 0 aliphatic carbocycles. The van der Waals surface area contributed by atoms with Gasteiger partial charge in [0.15, 0.2) is 0 Å². The molecule has 0 N–H and O–H groups in total. The van der Waals surface area contributed by atoms with E-state index >= 15 is 0 Å². The van der Waals surface area contributed by atoms with Gasteiger partial charge in [-0.3, -0.25) is 4.98 Å². The van der Waals surface area contributed by atoms with Crippen LogP contribution in [0.25, 0.3) is 0 Å². The Labute approximate surface area is 90.0 Å². The van der Waals surface area contributed by atoms with Crippen molar-refractivity contribution in [1.82, 2.24) is 4.98 Å². The number of alkyl halides is 3. The minimum Gasteiger partial charge on any atom is -0.465 e. The Morgan fingerprint density at radius 3 is 2.73 bits per heavy atom. The Bertz CT molecular complexity index is 371. The lowest BCUT2D eigenvalue weighted by Crippen LogP contribution is -2.08. The minimum absolute atomic E-state index is 0.0229. The Balaban J connectivity index is 3.28. The van der Waals surface area contributed by atoms with E-state index in [1.807, 2.05) is 0 Å². The largest absolute Gasteiger partial charge is 0.465 e. The second-order valence-electron chi connectivity index (χ2n) is 2.68. The summed E-state index contributed by atoms with van der Waals surface area (Å²) in [5.74, 6) is -0.909. The molecule has 0 amide bonds. The molecule has 1 heterocycles. The van der Waals surface area contributed by atoms with Crippen molar-refractivity contribution in [1.29, 1.82) is 0 Å². The van der Waals surface area contributed by atoms with E-state index < -0.39 is 12.4 Å². The van der Waals surface area contributed by atoms with Crippen molar-refractivity contribution in [2.24, 2.45) is 0 Å². The highest BCUT2D eigenvalue weighted by atomic mass is 35.5. The molecule has 0 fully saturated rings. The monoisotopic (exact) mass is 235 g/mol. The number of aromatic nitrogens is 1. The number of rotatable bonds is 3. The van der Waals surface area contributed by atoms with Gasteiger partial charge >= 0.3 is 5.97 Å². The summed E-state index contributed by atoms with van der Waals surface area (Å²) in [6.45, 7) is 0. The zero-order valence-electron chi connectivity index (χ0n) is 7.84. The first kappa shape index (κ1) is 11.8. The van der Waals surface area contributed by atoms with E-state index in [0.717, 1.165) is 19.5 Å². The number of pyridine rings is 1. The molecule has 0 aliphatic rings. The van der Waals surface area contributed by atoms with Crippen molar-refractivity contribution in [2.75, 3.05) is 7.11 Å². The van der Waals surface area contributed by atoms with E-state index in [4.69, 9.17) is 11.6 Å². The van der Waals surface area contributed by atoms with Crippen LogP contribution in [0, 0.1) is 0 Å². The topological polar surface area (TPSA) is 39.2 Å². The van der Waals surface area contributed by atoms with Gasteiger partial charge < -0.3 is 4.74 Å². The molecule has 15 heavy (non-hydrogen) atoms. The third kappa shape index (κ3) is 2.41. The smallest absolute Gasteiger partial charge is 0.339 e. The lowest BCUT2D eigenvalue weighted by Gasteiger charge is -2.09. The summed E-state index contributed by atoms with van der Waals surface area (Å²) in [6, 6.07) is 0. The van der Waals surface area contributed by atoms with Crippen molar-refractivity contribution in [3.63, 3.8) is 0 Å². The fraction of sp³-hybridized carbons (Fsp3) is 0.333.